The van der Waals surface area contributed by atoms with E-state index < -0.39 is 6.10 Å². The molecule has 0 spiro atoms. The van der Waals surface area contributed by atoms with Crippen LogP contribution in [0.1, 0.15) is 27.2 Å². The first kappa shape index (κ1) is 13.4. The summed E-state index contributed by atoms with van der Waals surface area (Å²) in [5.74, 6) is 0.501. The lowest BCUT2D eigenvalue weighted by Crippen LogP contribution is -2.38. The summed E-state index contributed by atoms with van der Waals surface area (Å²) in [6.45, 7) is 6.48. The van der Waals surface area contributed by atoms with E-state index in [2.05, 4.69) is 19.2 Å². The Morgan fingerprint density at radius 2 is 2.00 bits per heavy atom. The van der Waals surface area contributed by atoms with Crippen molar-refractivity contribution in [3.8, 4) is 0 Å². The molecule has 1 unspecified atom stereocenters. The van der Waals surface area contributed by atoms with Crippen molar-refractivity contribution in [3.63, 3.8) is 0 Å². The predicted octanol–water partition coefficient (Wildman–Crippen LogP) is 0.104. The molecule has 0 aromatic carbocycles. The highest BCUT2D eigenvalue weighted by atomic mass is 16.3. The van der Waals surface area contributed by atoms with Gasteiger partial charge in [-0.1, -0.05) is 20.8 Å². The second-order valence-electron chi connectivity index (χ2n) is 4.17. The van der Waals surface area contributed by atoms with Gasteiger partial charge in [-0.25, -0.2) is 0 Å². The minimum Gasteiger partial charge on any atom is -0.390 e. The first-order valence-corrected chi connectivity index (χ1v) is 5.13. The fourth-order valence-electron chi connectivity index (χ4n) is 1.29. The molecule has 0 heterocycles. The van der Waals surface area contributed by atoms with Crippen molar-refractivity contribution in [3.05, 3.63) is 0 Å². The SMILES string of the molecule is CC(C)C[C@H](C)C(=O)NCC(O)CN. The van der Waals surface area contributed by atoms with E-state index in [9.17, 15) is 4.79 Å². The lowest BCUT2D eigenvalue weighted by atomic mass is 9.98. The van der Waals surface area contributed by atoms with Gasteiger partial charge in [0.2, 0.25) is 5.91 Å². The van der Waals surface area contributed by atoms with Gasteiger partial charge < -0.3 is 16.2 Å². The molecule has 0 aliphatic carbocycles. The number of nitrogens with two attached hydrogens (primary N) is 1. The Morgan fingerprint density at radius 1 is 1.43 bits per heavy atom. The van der Waals surface area contributed by atoms with E-state index in [1.165, 1.54) is 0 Å². The summed E-state index contributed by atoms with van der Waals surface area (Å²) < 4.78 is 0. The lowest BCUT2D eigenvalue weighted by molar-refractivity contribution is -0.125. The van der Waals surface area contributed by atoms with Gasteiger partial charge in [-0.15, -0.1) is 0 Å². The maximum atomic E-state index is 11.4. The van der Waals surface area contributed by atoms with Crippen LogP contribution in [0.3, 0.4) is 0 Å². The Hall–Kier alpha value is -0.610. The van der Waals surface area contributed by atoms with Crippen LogP contribution in [-0.2, 0) is 4.79 Å². The standard InChI is InChI=1S/C10H22N2O2/c1-7(2)4-8(3)10(14)12-6-9(13)5-11/h7-9,13H,4-6,11H2,1-3H3,(H,12,14)/t8-,9?/m0/s1. The number of aliphatic hydroxyl groups is 1. The van der Waals surface area contributed by atoms with Gasteiger partial charge in [-0.3, -0.25) is 4.79 Å². The van der Waals surface area contributed by atoms with Gasteiger partial charge in [0.1, 0.15) is 0 Å². The van der Waals surface area contributed by atoms with E-state index in [4.69, 9.17) is 10.8 Å². The Labute approximate surface area is 85.9 Å². The predicted molar refractivity (Wildman–Crippen MR) is 56.7 cm³/mol. The second kappa shape index (κ2) is 6.79. The number of hydrogen-bond donors (Lipinski definition) is 3. The topological polar surface area (TPSA) is 75.3 Å². The zero-order valence-corrected chi connectivity index (χ0v) is 9.29. The highest BCUT2D eigenvalue weighted by molar-refractivity contribution is 5.78. The molecule has 14 heavy (non-hydrogen) atoms. The Kier molecular flexibility index (Phi) is 6.49. The summed E-state index contributed by atoms with van der Waals surface area (Å²) in [5, 5.41) is 11.8. The molecule has 2 atom stereocenters. The third kappa shape index (κ3) is 5.94. The van der Waals surface area contributed by atoms with E-state index in [0.717, 1.165) is 6.42 Å². The van der Waals surface area contributed by atoms with Gasteiger partial charge in [0.05, 0.1) is 6.10 Å². The molecule has 0 radical (unpaired) electrons. The summed E-state index contributed by atoms with van der Waals surface area (Å²) in [5.41, 5.74) is 5.21. The van der Waals surface area contributed by atoms with E-state index in [1.54, 1.807) is 0 Å². The number of carbonyl (C=O) groups is 1. The van der Waals surface area contributed by atoms with Gasteiger partial charge in [0.25, 0.3) is 0 Å². The normalized spacial score (nSPS) is 15.3. The van der Waals surface area contributed by atoms with Crippen LogP contribution in [-0.4, -0.2) is 30.2 Å². The zero-order chi connectivity index (χ0) is 11.1. The van der Waals surface area contributed by atoms with Crippen LogP contribution >= 0.6 is 0 Å². The van der Waals surface area contributed by atoms with E-state index in [1.807, 2.05) is 6.92 Å². The Bertz CT molecular complexity index is 172. The van der Waals surface area contributed by atoms with Gasteiger partial charge in [-0.05, 0) is 12.3 Å². The molecule has 84 valence electrons. The molecule has 0 aliphatic heterocycles. The van der Waals surface area contributed by atoms with Crippen LogP contribution in [0.4, 0.5) is 0 Å². The Balaban J connectivity index is 3.73. The molecule has 4 nitrogen and oxygen atoms in total. The number of rotatable bonds is 6. The molecule has 0 aliphatic rings. The van der Waals surface area contributed by atoms with Crippen molar-refractivity contribution in [1.82, 2.24) is 5.32 Å². The van der Waals surface area contributed by atoms with E-state index in [-0.39, 0.29) is 24.9 Å². The Morgan fingerprint density at radius 3 is 2.43 bits per heavy atom. The minimum atomic E-state index is -0.634. The van der Waals surface area contributed by atoms with E-state index in [0.29, 0.717) is 5.92 Å². The van der Waals surface area contributed by atoms with Gasteiger partial charge in [-0.2, -0.15) is 0 Å². The molecule has 0 fully saturated rings. The van der Waals surface area contributed by atoms with Crippen molar-refractivity contribution < 1.29 is 9.90 Å². The van der Waals surface area contributed by atoms with Crippen molar-refractivity contribution in [2.45, 2.75) is 33.3 Å². The van der Waals surface area contributed by atoms with Crippen LogP contribution < -0.4 is 11.1 Å². The highest BCUT2D eigenvalue weighted by Crippen LogP contribution is 2.10. The second-order valence-corrected chi connectivity index (χ2v) is 4.17. The van der Waals surface area contributed by atoms with Crippen molar-refractivity contribution >= 4 is 5.91 Å². The van der Waals surface area contributed by atoms with E-state index >= 15 is 0 Å². The minimum absolute atomic E-state index is 0.0000236. The fourth-order valence-corrected chi connectivity index (χ4v) is 1.29. The highest BCUT2D eigenvalue weighted by Gasteiger charge is 2.14. The number of nitrogens with one attached hydrogen (secondary N) is 1. The zero-order valence-electron chi connectivity index (χ0n) is 9.29. The fraction of sp³-hybridized carbons (Fsp3) is 0.900. The molecule has 0 bridgehead atoms. The first-order valence-electron chi connectivity index (χ1n) is 5.13. The molecule has 4 N–H and O–H groups in total. The monoisotopic (exact) mass is 202 g/mol. The molecule has 0 saturated carbocycles. The van der Waals surface area contributed by atoms with Crippen LogP contribution in [0.2, 0.25) is 0 Å². The van der Waals surface area contributed by atoms with Crippen LogP contribution in [0, 0.1) is 11.8 Å². The number of carbonyl (C=O) groups excluding carboxylic acids is 1. The average Bonchev–Trinajstić information content (AvgIpc) is 2.12. The quantitative estimate of drug-likeness (QED) is 0.572. The molecule has 1 amide bonds. The molecular formula is C10H22N2O2. The smallest absolute Gasteiger partial charge is 0.222 e. The molecule has 0 aromatic heterocycles. The first-order chi connectivity index (χ1) is 6.47. The van der Waals surface area contributed by atoms with Gasteiger partial charge in [0.15, 0.2) is 0 Å². The van der Waals surface area contributed by atoms with Crippen LogP contribution in [0.25, 0.3) is 0 Å². The molecule has 0 rings (SSSR count). The van der Waals surface area contributed by atoms with Crippen molar-refractivity contribution in [1.29, 1.82) is 0 Å². The maximum Gasteiger partial charge on any atom is 0.222 e. The summed E-state index contributed by atoms with van der Waals surface area (Å²) in [7, 11) is 0. The third-order valence-electron chi connectivity index (χ3n) is 2.06. The van der Waals surface area contributed by atoms with Crippen LogP contribution in [0.15, 0.2) is 0 Å². The molecule has 0 saturated heterocycles. The summed E-state index contributed by atoms with van der Waals surface area (Å²) in [4.78, 5) is 11.4. The number of amides is 1. The average molecular weight is 202 g/mol. The third-order valence-corrected chi connectivity index (χ3v) is 2.06. The summed E-state index contributed by atoms with van der Waals surface area (Å²) in [6, 6.07) is 0. The molecule has 0 aromatic rings. The molecule has 4 heteroatoms. The van der Waals surface area contributed by atoms with Gasteiger partial charge >= 0.3 is 0 Å². The maximum absolute atomic E-state index is 11.4. The number of hydrogen-bond acceptors (Lipinski definition) is 3. The largest absolute Gasteiger partial charge is 0.390 e. The molecular weight excluding hydrogens is 180 g/mol. The van der Waals surface area contributed by atoms with Crippen LogP contribution in [0.5, 0.6) is 0 Å². The summed E-state index contributed by atoms with van der Waals surface area (Å²) >= 11 is 0. The van der Waals surface area contributed by atoms with Gasteiger partial charge in [0, 0.05) is 19.0 Å². The van der Waals surface area contributed by atoms with Crippen molar-refractivity contribution in [2.24, 2.45) is 17.6 Å². The number of aliphatic hydroxyl groups excluding tert-OH is 1. The lowest BCUT2D eigenvalue weighted by Gasteiger charge is -2.15. The van der Waals surface area contributed by atoms with Crippen molar-refractivity contribution in [2.75, 3.05) is 13.1 Å². The summed E-state index contributed by atoms with van der Waals surface area (Å²) in [6.07, 6.45) is 0.232.